The lowest BCUT2D eigenvalue weighted by Crippen LogP contribution is -2.14. The Balaban J connectivity index is 0.000000241. The normalized spacial score (nSPS) is 10.9. The molecule has 0 aliphatic carbocycles. The van der Waals surface area contributed by atoms with Gasteiger partial charge in [-0.15, -0.1) is 0 Å². The number of nitrogens with one attached hydrogen (secondary N) is 2. The molecule has 0 unspecified atom stereocenters. The Bertz CT molecular complexity index is 1410. The van der Waals surface area contributed by atoms with E-state index in [1.807, 2.05) is 51.9 Å². The summed E-state index contributed by atoms with van der Waals surface area (Å²) in [5.74, 6) is -0.856. The summed E-state index contributed by atoms with van der Waals surface area (Å²) in [6.45, 7) is 1.08. The van der Waals surface area contributed by atoms with Crippen LogP contribution in [0.25, 0.3) is 21.8 Å². The van der Waals surface area contributed by atoms with Gasteiger partial charge in [0.15, 0.2) is 0 Å². The van der Waals surface area contributed by atoms with Crippen molar-refractivity contribution in [2.24, 2.45) is 0 Å². The van der Waals surface area contributed by atoms with E-state index in [0.717, 1.165) is 47.3 Å². The number of Topliss-reactive ketones (excluding diaryl/α,β-unsaturated/α-hetero) is 3. The summed E-state index contributed by atoms with van der Waals surface area (Å²) in [5.41, 5.74) is 2.34. The number of ketones is 3. The molecule has 0 saturated carbocycles. The van der Waals surface area contributed by atoms with Gasteiger partial charge in [0.1, 0.15) is 0 Å². The number of carbonyl (C=O) groups excluding carboxylic acids is 3. The third-order valence-corrected chi connectivity index (χ3v) is 8.17. The minimum absolute atomic E-state index is 0.202. The van der Waals surface area contributed by atoms with Crippen molar-refractivity contribution in [1.29, 1.82) is 0 Å². The van der Waals surface area contributed by atoms with Gasteiger partial charge in [-0.3, -0.25) is 14.4 Å². The third kappa shape index (κ3) is 8.08. The van der Waals surface area contributed by atoms with Crippen molar-refractivity contribution in [1.82, 2.24) is 14.9 Å². The fourth-order valence-electron chi connectivity index (χ4n) is 3.68. The number of aliphatic carboxylic acids is 1. The first-order valence-corrected chi connectivity index (χ1v) is 14.6. The van der Waals surface area contributed by atoms with Gasteiger partial charge in [0.2, 0.25) is 11.6 Å². The molecule has 0 fully saturated rings. The van der Waals surface area contributed by atoms with Crippen LogP contribution in [0.3, 0.4) is 0 Å². The molecule has 8 nitrogen and oxygen atoms in total. The molecule has 0 amide bonds. The smallest absolute Gasteiger partial charge is 0.377 e. The molecular weight excluding hydrogens is 522 g/mol. The molecule has 0 aliphatic rings. The number of hydrogen-bond donors (Lipinski definition) is 3. The molecule has 200 valence electrons. The molecule has 2 aromatic carbocycles. The zero-order valence-electron chi connectivity index (χ0n) is 21.4. The highest BCUT2D eigenvalue weighted by molar-refractivity contribution is 8.76. The van der Waals surface area contributed by atoms with Crippen LogP contribution < -0.4 is 0 Å². The first kappa shape index (κ1) is 29.2. The molecule has 0 aliphatic heterocycles. The first-order chi connectivity index (χ1) is 18.3. The average molecular weight is 554 g/mol. The van der Waals surface area contributed by atoms with E-state index in [1.165, 1.54) is 6.20 Å². The van der Waals surface area contributed by atoms with Crippen LogP contribution in [-0.4, -0.2) is 75.4 Å². The Labute approximate surface area is 229 Å². The maximum atomic E-state index is 12.3. The molecule has 4 rings (SSSR count). The third-order valence-electron chi connectivity index (χ3n) is 5.70. The zero-order valence-corrected chi connectivity index (χ0v) is 23.0. The van der Waals surface area contributed by atoms with Gasteiger partial charge in [-0.25, -0.2) is 4.79 Å². The summed E-state index contributed by atoms with van der Waals surface area (Å²) in [4.78, 5) is 54.2. The van der Waals surface area contributed by atoms with Crippen molar-refractivity contribution in [3.05, 3.63) is 72.1 Å². The molecule has 2 aromatic heterocycles. The van der Waals surface area contributed by atoms with Gasteiger partial charge in [-0.2, -0.15) is 0 Å². The number of benzene rings is 2. The van der Waals surface area contributed by atoms with Gasteiger partial charge in [0.25, 0.3) is 5.78 Å². The summed E-state index contributed by atoms with van der Waals surface area (Å²) < 4.78 is 0. The number of carboxylic acids is 1. The SMILES string of the molecule is CN(C)CCSSCCCCC(=O)C(=O)c1c[nH]c2ccccc12.O=C(O)C(=O)c1c[nH]c2ccccc12. The van der Waals surface area contributed by atoms with Crippen LogP contribution in [0.2, 0.25) is 0 Å². The minimum Gasteiger partial charge on any atom is -0.475 e. The molecule has 38 heavy (non-hydrogen) atoms. The quantitative estimate of drug-likeness (QED) is 0.0862. The maximum absolute atomic E-state index is 12.3. The van der Waals surface area contributed by atoms with Crippen LogP contribution >= 0.6 is 21.6 Å². The second-order valence-electron chi connectivity index (χ2n) is 8.79. The number of H-pyrrole nitrogens is 2. The lowest BCUT2D eigenvalue weighted by atomic mass is 10.0. The summed E-state index contributed by atoms with van der Waals surface area (Å²) in [6, 6.07) is 14.6. The topological polar surface area (TPSA) is 123 Å². The molecule has 3 N–H and O–H groups in total. The number of hydrogen-bond acceptors (Lipinski definition) is 7. The van der Waals surface area contributed by atoms with Crippen LogP contribution in [0.4, 0.5) is 0 Å². The second-order valence-corrected chi connectivity index (χ2v) is 11.5. The number of unbranched alkanes of at least 4 members (excludes halogenated alkanes) is 1. The predicted octanol–water partition coefficient (Wildman–Crippen LogP) is 5.47. The second kappa shape index (κ2) is 14.6. The van der Waals surface area contributed by atoms with Crippen molar-refractivity contribution < 1.29 is 24.3 Å². The zero-order chi connectivity index (χ0) is 27.5. The number of aromatic nitrogens is 2. The van der Waals surface area contributed by atoms with Gasteiger partial charge in [-0.05, 0) is 39.1 Å². The standard InChI is InChI=1S/C18H24N2O2S2.C10H7NO3/c1-20(2)10-12-24-23-11-6-5-9-17(21)18(22)15-13-19-16-8-4-3-7-14(15)16;12-9(10(13)14)7-5-11-8-4-2-1-3-6(7)8/h3-4,7-8,13,19H,5-6,9-12H2,1-2H3;1-5,11H,(H,13,14). The minimum atomic E-state index is -1.44. The molecule has 2 heterocycles. The van der Waals surface area contributed by atoms with Gasteiger partial charge < -0.3 is 20.0 Å². The number of carbonyl (C=O) groups is 4. The Kier molecular flexibility index (Phi) is 11.2. The molecule has 4 aromatic rings. The van der Waals surface area contributed by atoms with E-state index < -0.39 is 11.8 Å². The van der Waals surface area contributed by atoms with E-state index in [-0.39, 0.29) is 17.1 Å². The molecule has 0 radical (unpaired) electrons. The lowest BCUT2D eigenvalue weighted by Gasteiger charge is -2.07. The number of rotatable bonds is 13. The van der Waals surface area contributed by atoms with Crippen LogP contribution in [0.5, 0.6) is 0 Å². The van der Waals surface area contributed by atoms with Crippen LogP contribution in [-0.2, 0) is 9.59 Å². The number of fused-ring (bicyclic) bond motifs is 2. The molecule has 0 bridgehead atoms. The fraction of sp³-hybridized carbons (Fsp3) is 0.286. The van der Waals surface area contributed by atoms with Gasteiger partial charge in [0, 0.05) is 58.7 Å². The van der Waals surface area contributed by atoms with Gasteiger partial charge in [-0.1, -0.05) is 58.0 Å². The highest BCUT2D eigenvalue weighted by atomic mass is 33.1. The van der Waals surface area contributed by atoms with Crippen LogP contribution in [0, 0.1) is 0 Å². The lowest BCUT2D eigenvalue weighted by molar-refractivity contribution is -0.131. The van der Waals surface area contributed by atoms with E-state index in [2.05, 4.69) is 29.0 Å². The van der Waals surface area contributed by atoms with E-state index in [0.29, 0.717) is 17.4 Å². The number of para-hydroxylation sites is 2. The largest absolute Gasteiger partial charge is 0.475 e. The number of aromatic amines is 2. The molecular formula is C28H31N3O5S2. The summed E-state index contributed by atoms with van der Waals surface area (Å²) >= 11 is 0. The van der Waals surface area contributed by atoms with Crippen molar-refractivity contribution in [3.8, 4) is 0 Å². The summed E-state index contributed by atoms with van der Waals surface area (Å²) in [5, 5.41) is 10.0. The predicted molar refractivity (Wildman–Crippen MR) is 155 cm³/mol. The van der Waals surface area contributed by atoms with E-state index in [1.54, 1.807) is 24.4 Å². The Hall–Kier alpha value is -3.34. The van der Waals surface area contributed by atoms with Crippen molar-refractivity contribution in [2.45, 2.75) is 19.3 Å². The Morgan fingerprint density at radius 3 is 1.84 bits per heavy atom. The van der Waals surface area contributed by atoms with Crippen molar-refractivity contribution >= 4 is 66.7 Å². The van der Waals surface area contributed by atoms with Crippen molar-refractivity contribution in [2.75, 3.05) is 32.1 Å². The Morgan fingerprint density at radius 1 is 0.763 bits per heavy atom. The van der Waals surface area contributed by atoms with E-state index >= 15 is 0 Å². The number of carboxylic acid groups (broad SMARTS) is 1. The first-order valence-electron chi connectivity index (χ1n) is 12.2. The highest BCUT2D eigenvalue weighted by Gasteiger charge is 2.19. The maximum Gasteiger partial charge on any atom is 0.377 e. The molecule has 0 atom stereocenters. The van der Waals surface area contributed by atoms with Crippen molar-refractivity contribution in [3.63, 3.8) is 0 Å². The molecule has 0 saturated heterocycles. The molecule has 0 spiro atoms. The molecule has 10 heteroatoms. The summed E-state index contributed by atoms with van der Waals surface area (Å²) in [7, 11) is 7.85. The highest BCUT2D eigenvalue weighted by Crippen LogP contribution is 2.23. The van der Waals surface area contributed by atoms with E-state index in [4.69, 9.17) is 5.11 Å². The monoisotopic (exact) mass is 553 g/mol. The van der Waals surface area contributed by atoms with Crippen LogP contribution in [0.15, 0.2) is 60.9 Å². The van der Waals surface area contributed by atoms with E-state index in [9.17, 15) is 19.2 Å². The van der Waals surface area contributed by atoms with Gasteiger partial charge >= 0.3 is 5.97 Å². The number of nitrogens with zero attached hydrogens (tertiary/aromatic N) is 1. The van der Waals surface area contributed by atoms with Crippen LogP contribution in [0.1, 0.15) is 40.0 Å². The average Bonchev–Trinajstić information content (AvgIpc) is 3.54. The fourth-order valence-corrected chi connectivity index (χ4v) is 5.96. The van der Waals surface area contributed by atoms with Gasteiger partial charge in [0.05, 0.1) is 11.1 Å². The Morgan fingerprint density at radius 2 is 1.29 bits per heavy atom. The summed E-state index contributed by atoms with van der Waals surface area (Å²) in [6.07, 6.45) is 5.13.